The SMILES string of the molecule is O=C(O)[C@@H](Cc1ccc(F)c(Cl)c1)NC(=O)C(F)(F)F. The van der Waals surface area contributed by atoms with Gasteiger partial charge in [-0.05, 0) is 17.7 Å². The summed E-state index contributed by atoms with van der Waals surface area (Å²) in [4.78, 5) is 21.5. The van der Waals surface area contributed by atoms with Gasteiger partial charge in [0.1, 0.15) is 11.9 Å². The van der Waals surface area contributed by atoms with Crippen molar-refractivity contribution in [2.75, 3.05) is 0 Å². The topological polar surface area (TPSA) is 66.4 Å². The molecule has 110 valence electrons. The number of carboxylic acid groups (broad SMARTS) is 1. The van der Waals surface area contributed by atoms with E-state index in [-0.39, 0.29) is 10.6 Å². The van der Waals surface area contributed by atoms with Gasteiger partial charge >= 0.3 is 18.1 Å². The van der Waals surface area contributed by atoms with Crippen molar-refractivity contribution in [1.82, 2.24) is 5.32 Å². The Morgan fingerprint density at radius 3 is 2.40 bits per heavy atom. The fourth-order valence-corrected chi connectivity index (χ4v) is 1.55. The van der Waals surface area contributed by atoms with Crippen molar-refractivity contribution in [3.8, 4) is 0 Å². The molecule has 1 aromatic carbocycles. The van der Waals surface area contributed by atoms with E-state index in [1.54, 1.807) is 0 Å². The highest BCUT2D eigenvalue weighted by atomic mass is 35.5. The Bertz CT molecular complexity index is 533. The van der Waals surface area contributed by atoms with E-state index < -0.39 is 36.3 Å². The van der Waals surface area contributed by atoms with E-state index in [2.05, 4.69) is 0 Å². The number of halogens is 5. The maximum Gasteiger partial charge on any atom is 0.471 e. The molecule has 1 aromatic rings. The summed E-state index contributed by atoms with van der Waals surface area (Å²) in [5, 5.41) is 9.83. The van der Waals surface area contributed by atoms with Crippen LogP contribution in [0, 0.1) is 5.82 Å². The predicted molar refractivity (Wildman–Crippen MR) is 60.7 cm³/mol. The van der Waals surface area contributed by atoms with Crippen LogP contribution >= 0.6 is 11.6 Å². The molecule has 0 radical (unpaired) electrons. The van der Waals surface area contributed by atoms with Crippen molar-refractivity contribution in [3.05, 3.63) is 34.6 Å². The molecular weight excluding hydrogens is 306 g/mol. The maximum atomic E-state index is 12.9. The minimum Gasteiger partial charge on any atom is -0.480 e. The first-order valence-electron chi connectivity index (χ1n) is 5.15. The van der Waals surface area contributed by atoms with Crippen molar-refractivity contribution in [2.45, 2.75) is 18.6 Å². The van der Waals surface area contributed by atoms with Crippen molar-refractivity contribution in [2.24, 2.45) is 0 Å². The third-order valence-electron chi connectivity index (χ3n) is 2.28. The standard InChI is InChI=1S/C11H8ClF4NO3/c12-6-3-5(1-2-7(6)13)4-8(9(18)19)17-10(20)11(14,15)16/h1-3,8H,4H2,(H,17,20)(H,18,19)/t8-/m1/s1. The summed E-state index contributed by atoms with van der Waals surface area (Å²) in [5.41, 5.74) is 0.172. The number of hydrogen-bond acceptors (Lipinski definition) is 2. The van der Waals surface area contributed by atoms with Crippen LogP contribution in [0.4, 0.5) is 17.6 Å². The Labute approximate surface area is 115 Å². The summed E-state index contributed by atoms with van der Waals surface area (Å²) < 4.78 is 49.1. The molecule has 1 amide bonds. The first-order valence-corrected chi connectivity index (χ1v) is 5.53. The Hall–Kier alpha value is -1.83. The minimum absolute atomic E-state index is 0.172. The van der Waals surface area contributed by atoms with Gasteiger partial charge in [0.05, 0.1) is 5.02 Å². The van der Waals surface area contributed by atoms with E-state index in [1.165, 1.54) is 5.32 Å². The van der Waals surface area contributed by atoms with E-state index in [0.717, 1.165) is 18.2 Å². The van der Waals surface area contributed by atoms with Gasteiger partial charge in [0, 0.05) is 6.42 Å². The third kappa shape index (κ3) is 4.37. The Morgan fingerprint density at radius 2 is 1.95 bits per heavy atom. The van der Waals surface area contributed by atoms with E-state index in [9.17, 15) is 27.2 Å². The van der Waals surface area contributed by atoms with E-state index >= 15 is 0 Å². The van der Waals surface area contributed by atoms with Gasteiger partial charge in [-0.3, -0.25) is 4.79 Å². The highest BCUT2D eigenvalue weighted by molar-refractivity contribution is 6.30. The van der Waals surface area contributed by atoms with Gasteiger partial charge in [-0.25, -0.2) is 9.18 Å². The lowest BCUT2D eigenvalue weighted by molar-refractivity contribution is -0.175. The highest BCUT2D eigenvalue weighted by Crippen LogP contribution is 2.18. The van der Waals surface area contributed by atoms with Crippen molar-refractivity contribution < 1.29 is 32.3 Å². The Balaban J connectivity index is 2.85. The number of carboxylic acids is 1. The van der Waals surface area contributed by atoms with Crippen LogP contribution in [0.3, 0.4) is 0 Å². The number of amides is 1. The molecule has 9 heteroatoms. The molecule has 0 aromatic heterocycles. The third-order valence-corrected chi connectivity index (χ3v) is 2.57. The van der Waals surface area contributed by atoms with Gasteiger partial charge in [-0.2, -0.15) is 13.2 Å². The maximum absolute atomic E-state index is 12.9. The molecule has 0 aliphatic carbocycles. The molecule has 0 saturated carbocycles. The largest absolute Gasteiger partial charge is 0.480 e. The number of carbonyl (C=O) groups is 2. The van der Waals surface area contributed by atoms with E-state index in [4.69, 9.17) is 16.7 Å². The first kappa shape index (κ1) is 16.2. The van der Waals surface area contributed by atoms with Crippen LogP contribution in [0.2, 0.25) is 5.02 Å². The molecule has 4 nitrogen and oxygen atoms in total. The lowest BCUT2D eigenvalue weighted by Crippen LogP contribution is -2.47. The fourth-order valence-electron chi connectivity index (χ4n) is 1.34. The lowest BCUT2D eigenvalue weighted by atomic mass is 10.1. The molecule has 1 atom stereocenters. The van der Waals surface area contributed by atoms with Crippen LogP contribution in [0.5, 0.6) is 0 Å². The van der Waals surface area contributed by atoms with Crippen molar-refractivity contribution in [1.29, 1.82) is 0 Å². The zero-order valence-corrected chi connectivity index (χ0v) is 10.4. The minimum atomic E-state index is -5.19. The van der Waals surface area contributed by atoms with Gasteiger partial charge < -0.3 is 10.4 Å². The highest BCUT2D eigenvalue weighted by Gasteiger charge is 2.40. The lowest BCUT2D eigenvalue weighted by Gasteiger charge is -2.16. The average Bonchev–Trinajstić information content (AvgIpc) is 2.31. The second-order valence-corrected chi connectivity index (χ2v) is 4.22. The normalized spacial score (nSPS) is 12.8. The number of nitrogens with one attached hydrogen (secondary N) is 1. The molecule has 0 aliphatic rings. The molecule has 20 heavy (non-hydrogen) atoms. The number of carbonyl (C=O) groups excluding carboxylic acids is 1. The molecule has 0 heterocycles. The summed E-state index contributed by atoms with van der Waals surface area (Å²) in [5.74, 6) is -4.76. The molecular formula is C11H8ClF4NO3. The smallest absolute Gasteiger partial charge is 0.471 e. The summed E-state index contributed by atoms with van der Waals surface area (Å²) >= 11 is 5.47. The monoisotopic (exact) mass is 313 g/mol. The van der Waals surface area contributed by atoms with Crippen molar-refractivity contribution in [3.63, 3.8) is 0 Å². The Morgan fingerprint density at radius 1 is 1.35 bits per heavy atom. The van der Waals surface area contributed by atoms with Gasteiger partial charge in [-0.15, -0.1) is 0 Å². The quantitative estimate of drug-likeness (QED) is 0.837. The van der Waals surface area contributed by atoms with Crippen molar-refractivity contribution >= 4 is 23.5 Å². The molecule has 0 spiro atoms. The molecule has 0 fully saturated rings. The fraction of sp³-hybridized carbons (Fsp3) is 0.273. The molecule has 0 saturated heterocycles. The number of alkyl halides is 3. The predicted octanol–water partition coefficient (Wildman–Crippen LogP) is 2.15. The Kier molecular flexibility index (Phi) is 4.93. The molecule has 0 unspecified atom stereocenters. The van der Waals surface area contributed by atoms with Crippen LogP contribution in [-0.2, 0) is 16.0 Å². The summed E-state index contributed by atoms with van der Waals surface area (Å²) in [6, 6.07) is 1.39. The van der Waals surface area contributed by atoms with E-state index in [1.807, 2.05) is 0 Å². The molecule has 0 bridgehead atoms. The molecule has 1 rings (SSSR count). The van der Waals surface area contributed by atoms with Crippen LogP contribution in [0.25, 0.3) is 0 Å². The summed E-state index contributed by atoms with van der Waals surface area (Å²) in [6.07, 6.45) is -5.65. The number of aliphatic carboxylic acids is 1. The summed E-state index contributed by atoms with van der Waals surface area (Å²) in [6.45, 7) is 0. The second kappa shape index (κ2) is 6.08. The molecule has 0 aliphatic heterocycles. The molecule has 2 N–H and O–H groups in total. The zero-order valence-electron chi connectivity index (χ0n) is 9.67. The van der Waals surface area contributed by atoms with Gasteiger partial charge in [0.2, 0.25) is 0 Å². The number of hydrogen-bond donors (Lipinski definition) is 2. The van der Waals surface area contributed by atoms with Crippen LogP contribution in [0.15, 0.2) is 18.2 Å². The number of rotatable bonds is 4. The van der Waals surface area contributed by atoms with Gasteiger partial charge in [0.25, 0.3) is 0 Å². The zero-order chi connectivity index (χ0) is 15.5. The van der Waals surface area contributed by atoms with Gasteiger partial charge in [-0.1, -0.05) is 17.7 Å². The second-order valence-electron chi connectivity index (χ2n) is 3.81. The number of benzene rings is 1. The van der Waals surface area contributed by atoms with Crippen LogP contribution in [0.1, 0.15) is 5.56 Å². The average molecular weight is 314 g/mol. The van der Waals surface area contributed by atoms with Crippen LogP contribution < -0.4 is 5.32 Å². The van der Waals surface area contributed by atoms with Crippen LogP contribution in [-0.4, -0.2) is 29.2 Å². The van der Waals surface area contributed by atoms with E-state index in [0.29, 0.717) is 0 Å². The van der Waals surface area contributed by atoms with Gasteiger partial charge in [0.15, 0.2) is 0 Å². The first-order chi connectivity index (χ1) is 9.11. The summed E-state index contributed by atoms with van der Waals surface area (Å²) in [7, 11) is 0.